The van der Waals surface area contributed by atoms with Crippen molar-refractivity contribution in [2.45, 2.75) is 6.92 Å². The number of halogens is 2. The summed E-state index contributed by atoms with van der Waals surface area (Å²) in [6.07, 6.45) is 1.80. The summed E-state index contributed by atoms with van der Waals surface area (Å²) in [7, 11) is 0. The molecule has 2 aromatic rings. The molecular formula is C12H9Br2N. The Hall–Kier alpha value is -0.670. The summed E-state index contributed by atoms with van der Waals surface area (Å²) in [5.74, 6) is 0. The average Bonchev–Trinajstić information content (AvgIpc) is 2.23. The Balaban J connectivity index is 2.45. The summed E-state index contributed by atoms with van der Waals surface area (Å²) >= 11 is 6.88. The van der Waals surface area contributed by atoms with Crippen LogP contribution in [0.5, 0.6) is 0 Å². The standard InChI is InChI=1S/C12H9Br2N/c1-8-2-4-9(5-3-8)12-6-10(13)11(14)7-15-12/h2-7H,1H3. The van der Waals surface area contributed by atoms with E-state index in [1.807, 2.05) is 6.07 Å². The van der Waals surface area contributed by atoms with Crippen LogP contribution in [0.1, 0.15) is 5.56 Å². The van der Waals surface area contributed by atoms with E-state index in [1.54, 1.807) is 6.20 Å². The smallest absolute Gasteiger partial charge is 0.0714 e. The molecule has 0 N–H and O–H groups in total. The Labute approximate surface area is 106 Å². The molecule has 2 rings (SSSR count). The van der Waals surface area contributed by atoms with Gasteiger partial charge in [-0.25, -0.2) is 0 Å². The lowest BCUT2D eigenvalue weighted by molar-refractivity contribution is 1.29. The fourth-order valence-electron chi connectivity index (χ4n) is 1.30. The molecule has 1 nitrogen and oxygen atoms in total. The van der Waals surface area contributed by atoms with E-state index in [0.717, 1.165) is 20.2 Å². The lowest BCUT2D eigenvalue weighted by atomic mass is 10.1. The quantitative estimate of drug-likeness (QED) is 0.747. The fourth-order valence-corrected chi connectivity index (χ4v) is 1.83. The lowest BCUT2D eigenvalue weighted by Gasteiger charge is -2.03. The van der Waals surface area contributed by atoms with E-state index in [1.165, 1.54) is 5.56 Å². The SMILES string of the molecule is Cc1ccc(-c2cc(Br)c(Br)cn2)cc1. The molecule has 76 valence electrons. The van der Waals surface area contributed by atoms with Gasteiger partial charge >= 0.3 is 0 Å². The first-order chi connectivity index (χ1) is 7.16. The summed E-state index contributed by atoms with van der Waals surface area (Å²) in [4.78, 5) is 4.36. The average molecular weight is 327 g/mol. The molecule has 0 saturated carbocycles. The zero-order chi connectivity index (χ0) is 10.8. The van der Waals surface area contributed by atoms with Gasteiger partial charge in [0.15, 0.2) is 0 Å². The van der Waals surface area contributed by atoms with Crippen LogP contribution in [0.3, 0.4) is 0 Å². The van der Waals surface area contributed by atoms with Gasteiger partial charge in [0.25, 0.3) is 0 Å². The maximum absolute atomic E-state index is 4.36. The van der Waals surface area contributed by atoms with E-state index in [-0.39, 0.29) is 0 Å². The van der Waals surface area contributed by atoms with Gasteiger partial charge in [-0.05, 0) is 44.8 Å². The van der Waals surface area contributed by atoms with Crippen LogP contribution in [0.2, 0.25) is 0 Å². The molecule has 1 aromatic heterocycles. The molecule has 0 unspecified atom stereocenters. The van der Waals surface area contributed by atoms with Crippen molar-refractivity contribution in [3.8, 4) is 11.3 Å². The first-order valence-corrected chi connectivity index (χ1v) is 6.13. The van der Waals surface area contributed by atoms with Gasteiger partial charge in [-0.1, -0.05) is 29.8 Å². The van der Waals surface area contributed by atoms with Gasteiger partial charge in [0.05, 0.1) is 10.2 Å². The van der Waals surface area contributed by atoms with Crippen molar-refractivity contribution in [3.05, 3.63) is 51.0 Å². The number of benzene rings is 1. The van der Waals surface area contributed by atoms with Gasteiger partial charge in [-0.3, -0.25) is 4.98 Å². The molecule has 0 aliphatic heterocycles. The second kappa shape index (κ2) is 4.45. The fraction of sp³-hybridized carbons (Fsp3) is 0.0833. The number of nitrogens with zero attached hydrogens (tertiary/aromatic N) is 1. The monoisotopic (exact) mass is 325 g/mol. The summed E-state index contributed by atoms with van der Waals surface area (Å²) in [6, 6.07) is 10.4. The van der Waals surface area contributed by atoms with Crippen LogP contribution < -0.4 is 0 Å². The van der Waals surface area contributed by atoms with Crippen molar-refractivity contribution in [2.24, 2.45) is 0 Å². The van der Waals surface area contributed by atoms with Gasteiger partial charge < -0.3 is 0 Å². The molecular weight excluding hydrogens is 318 g/mol. The third-order valence-corrected chi connectivity index (χ3v) is 3.98. The minimum atomic E-state index is 0.971. The highest BCUT2D eigenvalue weighted by Gasteiger charge is 2.02. The third-order valence-electron chi connectivity index (χ3n) is 2.16. The van der Waals surface area contributed by atoms with Crippen molar-refractivity contribution in [2.75, 3.05) is 0 Å². The molecule has 3 heteroatoms. The number of aromatic nitrogens is 1. The highest BCUT2D eigenvalue weighted by molar-refractivity contribution is 9.13. The molecule has 0 atom stereocenters. The van der Waals surface area contributed by atoms with E-state index in [2.05, 4.69) is 68.0 Å². The highest BCUT2D eigenvalue weighted by Crippen LogP contribution is 2.26. The number of pyridine rings is 1. The third kappa shape index (κ3) is 2.47. The zero-order valence-corrected chi connectivity index (χ0v) is 11.3. The van der Waals surface area contributed by atoms with Crippen LogP contribution in [0.15, 0.2) is 45.5 Å². The van der Waals surface area contributed by atoms with Gasteiger partial charge in [-0.2, -0.15) is 0 Å². The maximum Gasteiger partial charge on any atom is 0.0714 e. The van der Waals surface area contributed by atoms with Gasteiger partial charge in [0, 0.05) is 16.2 Å². The molecule has 15 heavy (non-hydrogen) atoms. The summed E-state index contributed by atoms with van der Waals surface area (Å²) in [6.45, 7) is 2.08. The highest BCUT2D eigenvalue weighted by atomic mass is 79.9. The Morgan fingerprint density at radius 2 is 1.67 bits per heavy atom. The largest absolute Gasteiger partial charge is 0.255 e. The molecule has 0 fully saturated rings. The first kappa shape index (κ1) is 10.8. The lowest BCUT2D eigenvalue weighted by Crippen LogP contribution is -1.84. The molecule has 0 saturated heterocycles. The Morgan fingerprint density at radius 1 is 1.00 bits per heavy atom. The van der Waals surface area contributed by atoms with Gasteiger partial charge in [-0.15, -0.1) is 0 Å². The topological polar surface area (TPSA) is 12.9 Å². The normalized spacial score (nSPS) is 10.3. The Bertz CT molecular complexity index is 477. The van der Waals surface area contributed by atoms with E-state index in [4.69, 9.17) is 0 Å². The molecule has 0 bridgehead atoms. The molecule has 0 amide bonds. The van der Waals surface area contributed by atoms with Crippen LogP contribution >= 0.6 is 31.9 Å². The predicted octanol–water partition coefficient (Wildman–Crippen LogP) is 4.58. The Kier molecular flexibility index (Phi) is 3.22. The van der Waals surface area contributed by atoms with Crippen LogP contribution in [0, 0.1) is 6.92 Å². The van der Waals surface area contributed by atoms with Gasteiger partial charge in [0.2, 0.25) is 0 Å². The van der Waals surface area contributed by atoms with Crippen molar-refractivity contribution in [3.63, 3.8) is 0 Å². The van der Waals surface area contributed by atoms with E-state index >= 15 is 0 Å². The zero-order valence-electron chi connectivity index (χ0n) is 8.17. The van der Waals surface area contributed by atoms with Gasteiger partial charge in [0.1, 0.15) is 0 Å². The predicted molar refractivity (Wildman–Crippen MR) is 69.8 cm³/mol. The van der Waals surface area contributed by atoms with E-state index in [9.17, 15) is 0 Å². The van der Waals surface area contributed by atoms with E-state index in [0.29, 0.717) is 0 Å². The number of hydrogen-bond donors (Lipinski definition) is 0. The molecule has 0 radical (unpaired) electrons. The molecule has 0 aliphatic rings. The number of rotatable bonds is 1. The second-order valence-corrected chi connectivity index (χ2v) is 5.06. The van der Waals surface area contributed by atoms with Crippen LogP contribution in [0.25, 0.3) is 11.3 Å². The summed E-state index contributed by atoms with van der Waals surface area (Å²) in [5.41, 5.74) is 3.37. The molecule has 1 aromatic carbocycles. The first-order valence-electron chi connectivity index (χ1n) is 4.55. The van der Waals surface area contributed by atoms with Crippen molar-refractivity contribution < 1.29 is 0 Å². The van der Waals surface area contributed by atoms with Crippen LogP contribution in [-0.4, -0.2) is 4.98 Å². The molecule has 0 spiro atoms. The van der Waals surface area contributed by atoms with Crippen LogP contribution in [0.4, 0.5) is 0 Å². The number of aryl methyl sites for hydroxylation is 1. The minimum Gasteiger partial charge on any atom is -0.255 e. The van der Waals surface area contributed by atoms with Crippen LogP contribution in [-0.2, 0) is 0 Å². The number of hydrogen-bond acceptors (Lipinski definition) is 1. The van der Waals surface area contributed by atoms with Crippen molar-refractivity contribution in [1.29, 1.82) is 0 Å². The minimum absolute atomic E-state index is 0.971. The Morgan fingerprint density at radius 3 is 2.27 bits per heavy atom. The maximum atomic E-state index is 4.36. The molecule has 1 heterocycles. The van der Waals surface area contributed by atoms with E-state index < -0.39 is 0 Å². The van der Waals surface area contributed by atoms with Crippen molar-refractivity contribution >= 4 is 31.9 Å². The van der Waals surface area contributed by atoms with Crippen molar-refractivity contribution in [1.82, 2.24) is 4.98 Å². The summed E-state index contributed by atoms with van der Waals surface area (Å²) in [5, 5.41) is 0. The summed E-state index contributed by atoms with van der Waals surface area (Å²) < 4.78 is 1.99. The second-order valence-electron chi connectivity index (χ2n) is 3.35. The molecule has 0 aliphatic carbocycles.